The smallest absolute Gasteiger partial charge is 0.303 e. The first-order valence-corrected chi connectivity index (χ1v) is 10.8. The quantitative estimate of drug-likeness (QED) is 0.576. The maximum Gasteiger partial charge on any atom is 0.303 e. The highest BCUT2D eigenvalue weighted by Crippen LogP contribution is 2.54. The SMILES string of the molecule is O=C(O)CCC1NC2(C(=O)Nc3ccc(Cl)cc32)[C@H]2C(=O)N(Cc3ccc(F)cc3)C(=O)[C@@H]12. The summed E-state index contributed by atoms with van der Waals surface area (Å²) < 4.78 is 13.3. The summed E-state index contributed by atoms with van der Waals surface area (Å²) in [6, 6.07) is 9.55. The minimum Gasteiger partial charge on any atom is -0.481 e. The van der Waals surface area contributed by atoms with Crippen molar-refractivity contribution in [3.63, 3.8) is 0 Å². The Bertz CT molecular complexity index is 1200. The van der Waals surface area contributed by atoms with Gasteiger partial charge in [0.05, 0.1) is 18.4 Å². The van der Waals surface area contributed by atoms with Crippen LogP contribution in [0.3, 0.4) is 0 Å². The molecule has 33 heavy (non-hydrogen) atoms. The summed E-state index contributed by atoms with van der Waals surface area (Å²) >= 11 is 6.19. The summed E-state index contributed by atoms with van der Waals surface area (Å²) in [4.78, 5) is 52.6. The highest BCUT2D eigenvalue weighted by Gasteiger charge is 2.70. The first kappa shape index (κ1) is 21.5. The van der Waals surface area contributed by atoms with Crippen LogP contribution >= 0.6 is 11.6 Å². The minimum atomic E-state index is -1.54. The van der Waals surface area contributed by atoms with Crippen LogP contribution in [-0.4, -0.2) is 39.7 Å². The van der Waals surface area contributed by atoms with Crippen LogP contribution in [0, 0.1) is 17.7 Å². The number of amides is 3. The van der Waals surface area contributed by atoms with E-state index in [4.69, 9.17) is 11.6 Å². The Morgan fingerprint density at radius 3 is 2.55 bits per heavy atom. The number of imide groups is 1. The van der Waals surface area contributed by atoms with Crippen molar-refractivity contribution >= 4 is 41.0 Å². The molecule has 5 rings (SSSR count). The molecule has 0 bridgehead atoms. The Morgan fingerprint density at radius 2 is 1.85 bits per heavy atom. The molecule has 8 nitrogen and oxygen atoms in total. The van der Waals surface area contributed by atoms with Crippen LogP contribution < -0.4 is 10.6 Å². The Kier molecular flexibility index (Phi) is 4.98. The summed E-state index contributed by atoms with van der Waals surface area (Å²) in [5.41, 5.74) is -0.0518. The molecule has 10 heteroatoms. The van der Waals surface area contributed by atoms with Gasteiger partial charge in [-0.3, -0.25) is 29.4 Å². The van der Waals surface area contributed by atoms with Gasteiger partial charge in [-0.05, 0) is 42.3 Å². The van der Waals surface area contributed by atoms with E-state index in [1.807, 2.05) is 0 Å². The minimum absolute atomic E-state index is 0.0604. The number of hydrogen-bond acceptors (Lipinski definition) is 5. The van der Waals surface area contributed by atoms with E-state index in [2.05, 4.69) is 10.6 Å². The molecule has 3 aliphatic rings. The van der Waals surface area contributed by atoms with E-state index < -0.39 is 52.9 Å². The van der Waals surface area contributed by atoms with Crippen molar-refractivity contribution in [1.29, 1.82) is 0 Å². The van der Waals surface area contributed by atoms with Crippen LogP contribution in [-0.2, 0) is 31.3 Å². The molecule has 2 fully saturated rings. The molecule has 0 radical (unpaired) electrons. The number of fused-ring (bicyclic) bond motifs is 4. The number of carboxylic acids is 1. The van der Waals surface area contributed by atoms with Gasteiger partial charge in [0.2, 0.25) is 17.7 Å². The molecule has 4 atom stereocenters. The molecular formula is C23H19ClFN3O5. The number of benzene rings is 2. The predicted molar refractivity (Wildman–Crippen MR) is 114 cm³/mol. The van der Waals surface area contributed by atoms with Gasteiger partial charge in [0.1, 0.15) is 11.4 Å². The first-order chi connectivity index (χ1) is 15.7. The lowest BCUT2D eigenvalue weighted by Crippen LogP contribution is -2.53. The van der Waals surface area contributed by atoms with E-state index in [1.54, 1.807) is 18.2 Å². The molecule has 0 saturated carbocycles. The Morgan fingerprint density at radius 1 is 1.12 bits per heavy atom. The zero-order valence-electron chi connectivity index (χ0n) is 17.2. The zero-order chi connectivity index (χ0) is 23.5. The molecule has 3 aliphatic heterocycles. The number of halogens is 2. The average molecular weight is 472 g/mol. The summed E-state index contributed by atoms with van der Waals surface area (Å²) in [5, 5.41) is 15.5. The van der Waals surface area contributed by atoms with Crippen LogP contribution in [0.1, 0.15) is 24.0 Å². The Hall–Kier alpha value is -3.30. The normalized spacial score (nSPS) is 27.8. The molecule has 0 aromatic heterocycles. The molecule has 3 heterocycles. The standard InChI is InChI=1S/C23H19ClFN3O5/c24-12-3-6-15-14(9-12)23(22(33)26-15)19-18(16(27-23)7-8-17(29)30)20(31)28(21(19)32)10-11-1-4-13(25)5-2-11/h1-6,9,16,18-19,27H,7-8,10H2,(H,26,33)(H,29,30)/t16?,18-,19+,23?/m0/s1. The number of anilines is 1. The van der Waals surface area contributed by atoms with Crippen LogP contribution in [0.5, 0.6) is 0 Å². The van der Waals surface area contributed by atoms with Crippen molar-refractivity contribution in [2.75, 3.05) is 5.32 Å². The molecule has 1 spiro atoms. The number of nitrogens with one attached hydrogen (secondary N) is 2. The summed E-state index contributed by atoms with van der Waals surface area (Å²) in [6.45, 7) is -0.0727. The lowest BCUT2D eigenvalue weighted by molar-refractivity contribution is -0.144. The Balaban J connectivity index is 1.58. The number of carbonyl (C=O) groups is 4. The molecule has 2 unspecified atom stereocenters. The number of carboxylic acid groups (broad SMARTS) is 1. The van der Waals surface area contributed by atoms with Crippen LogP contribution in [0.25, 0.3) is 0 Å². The maximum absolute atomic E-state index is 13.6. The maximum atomic E-state index is 13.6. The molecule has 3 amide bonds. The molecule has 0 aliphatic carbocycles. The van der Waals surface area contributed by atoms with Gasteiger partial charge in [-0.2, -0.15) is 0 Å². The van der Waals surface area contributed by atoms with Gasteiger partial charge in [-0.25, -0.2) is 4.39 Å². The van der Waals surface area contributed by atoms with Crippen LogP contribution in [0.4, 0.5) is 10.1 Å². The molecule has 3 N–H and O–H groups in total. The third-order valence-electron chi connectivity index (χ3n) is 6.69. The fourth-order valence-electron chi connectivity index (χ4n) is 5.29. The summed E-state index contributed by atoms with van der Waals surface area (Å²) in [7, 11) is 0. The monoisotopic (exact) mass is 471 g/mol. The third-order valence-corrected chi connectivity index (χ3v) is 6.93. The van der Waals surface area contributed by atoms with Crippen LogP contribution in [0.2, 0.25) is 5.02 Å². The third kappa shape index (κ3) is 3.22. The number of hydrogen-bond donors (Lipinski definition) is 3. The number of nitrogens with zero attached hydrogens (tertiary/aromatic N) is 1. The van der Waals surface area contributed by atoms with Crippen molar-refractivity contribution in [2.45, 2.75) is 31.0 Å². The highest BCUT2D eigenvalue weighted by atomic mass is 35.5. The second-order valence-corrected chi connectivity index (χ2v) is 8.96. The van der Waals surface area contributed by atoms with E-state index in [-0.39, 0.29) is 19.4 Å². The summed E-state index contributed by atoms with van der Waals surface area (Å²) in [5.74, 6) is -4.99. The summed E-state index contributed by atoms with van der Waals surface area (Å²) in [6.07, 6.45) is -0.175. The molecular weight excluding hydrogens is 453 g/mol. The van der Waals surface area contributed by atoms with Gasteiger partial charge in [0.25, 0.3) is 0 Å². The highest BCUT2D eigenvalue weighted by molar-refractivity contribution is 6.31. The fraction of sp³-hybridized carbons (Fsp3) is 0.304. The van der Waals surface area contributed by atoms with Crippen LogP contribution in [0.15, 0.2) is 42.5 Å². The van der Waals surface area contributed by atoms with Gasteiger partial charge in [-0.15, -0.1) is 0 Å². The molecule has 170 valence electrons. The average Bonchev–Trinajstić information content (AvgIpc) is 3.34. The molecule has 2 saturated heterocycles. The Labute approximate surface area is 192 Å². The van der Waals surface area contributed by atoms with Crippen molar-refractivity contribution in [3.05, 3.63) is 64.4 Å². The molecule has 2 aromatic rings. The van der Waals surface area contributed by atoms with E-state index >= 15 is 0 Å². The molecule has 2 aromatic carbocycles. The van der Waals surface area contributed by atoms with E-state index in [0.29, 0.717) is 21.8 Å². The second kappa shape index (κ2) is 7.64. The first-order valence-electron chi connectivity index (χ1n) is 10.4. The van der Waals surface area contributed by atoms with Crippen molar-refractivity contribution < 1.29 is 28.7 Å². The number of rotatable bonds is 5. The predicted octanol–water partition coefficient (Wildman–Crippen LogP) is 2.26. The topological polar surface area (TPSA) is 116 Å². The van der Waals surface area contributed by atoms with E-state index in [0.717, 1.165) is 4.90 Å². The number of carbonyl (C=O) groups excluding carboxylic acids is 3. The zero-order valence-corrected chi connectivity index (χ0v) is 17.9. The number of likely N-dealkylation sites (tertiary alicyclic amines) is 1. The largest absolute Gasteiger partial charge is 0.481 e. The second-order valence-electron chi connectivity index (χ2n) is 8.53. The van der Waals surface area contributed by atoms with E-state index in [1.165, 1.54) is 24.3 Å². The van der Waals surface area contributed by atoms with Gasteiger partial charge >= 0.3 is 5.97 Å². The fourth-order valence-corrected chi connectivity index (χ4v) is 5.46. The van der Waals surface area contributed by atoms with Gasteiger partial charge in [0, 0.05) is 28.7 Å². The van der Waals surface area contributed by atoms with Gasteiger partial charge in [0.15, 0.2) is 0 Å². The van der Waals surface area contributed by atoms with Crippen molar-refractivity contribution in [3.8, 4) is 0 Å². The van der Waals surface area contributed by atoms with Gasteiger partial charge < -0.3 is 10.4 Å². The number of aliphatic carboxylic acids is 1. The van der Waals surface area contributed by atoms with Crippen molar-refractivity contribution in [2.24, 2.45) is 11.8 Å². The lowest BCUT2D eigenvalue weighted by atomic mass is 9.76. The lowest BCUT2D eigenvalue weighted by Gasteiger charge is -2.29. The van der Waals surface area contributed by atoms with Gasteiger partial charge in [-0.1, -0.05) is 23.7 Å². The van der Waals surface area contributed by atoms with E-state index in [9.17, 15) is 28.7 Å². The van der Waals surface area contributed by atoms with Crippen molar-refractivity contribution in [1.82, 2.24) is 10.2 Å².